The summed E-state index contributed by atoms with van der Waals surface area (Å²) in [6.45, 7) is 4.35. The fourth-order valence-electron chi connectivity index (χ4n) is 5.48. The van der Waals surface area contributed by atoms with Crippen LogP contribution in [0.2, 0.25) is 0 Å². The molecule has 9 heteroatoms. The Labute approximate surface area is 242 Å². The normalized spacial score (nSPS) is 16.4. The van der Waals surface area contributed by atoms with Crippen molar-refractivity contribution in [1.29, 1.82) is 0 Å². The van der Waals surface area contributed by atoms with Gasteiger partial charge in [-0.2, -0.15) is 0 Å². The average molecular weight is 571 g/mol. The number of halogens is 2. The van der Waals surface area contributed by atoms with Crippen molar-refractivity contribution in [3.63, 3.8) is 0 Å². The Morgan fingerprint density at radius 3 is 2.74 bits per heavy atom. The SMILES string of the molecule is CCCCOC(=O)C1CC(c2cccc(Cc3nnc(-c4cc(Oc5c(F)cc6[nH]ccc6c5C)ccc4F)[nH]3)c2)C1. The molecule has 0 atom stereocenters. The second-order valence-electron chi connectivity index (χ2n) is 10.9. The third kappa shape index (κ3) is 5.64. The molecule has 2 N–H and O–H groups in total. The molecule has 2 aromatic heterocycles. The summed E-state index contributed by atoms with van der Waals surface area (Å²) < 4.78 is 40.9. The molecule has 1 fully saturated rings. The Morgan fingerprint density at radius 2 is 1.90 bits per heavy atom. The monoisotopic (exact) mass is 570 g/mol. The minimum Gasteiger partial charge on any atom is -0.465 e. The molecule has 42 heavy (non-hydrogen) atoms. The van der Waals surface area contributed by atoms with Crippen LogP contribution in [0.1, 0.15) is 61.0 Å². The second-order valence-corrected chi connectivity index (χ2v) is 10.9. The van der Waals surface area contributed by atoms with Gasteiger partial charge in [0.25, 0.3) is 0 Å². The molecule has 7 nitrogen and oxygen atoms in total. The molecule has 0 radical (unpaired) electrons. The molecule has 0 aliphatic heterocycles. The molecule has 5 aromatic rings. The molecule has 0 saturated heterocycles. The number of hydrogen-bond donors (Lipinski definition) is 2. The number of aryl methyl sites for hydroxylation is 1. The number of rotatable bonds is 10. The zero-order chi connectivity index (χ0) is 29.2. The quantitative estimate of drug-likeness (QED) is 0.132. The lowest BCUT2D eigenvalue weighted by molar-refractivity contribution is -0.152. The number of nitrogens with one attached hydrogen (secondary N) is 2. The molecule has 1 aliphatic carbocycles. The van der Waals surface area contributed by atoms with Crippen LogP contribution in [0.25, 0.3) is 22.3 Å². The number of unbranched alkanes of at least 4 members (excludes halogenated alkanes) is 1. The lowest BCUT2D eigenvalue weighted by atomic mass is 9.71. The van der Waals surface area contributed by atoms with Crippen molar-refractivity contribution in [2.45, 2.75) is 51.9 Å². The van der Waals surface area contributed by atoms with Gasteiger partial charge in [0.2, 0.25) is 0 Å². The predicted octanol–water partition coefficient (Wildman–Crippen LogP) is 7.76. The average Bonchev–Trinajstić information content (AvgIpc) is 3.61. The van der Waals surface area contributed by atoms with Gasteiger partial charge >= 0.3 is 5.97 Å². The van der Waals surface area contributed by atoms with Crippen molar-refractivity contribution >= 4 is 16.9 Å². The zero-order valence-electron chi connectivity index (χ0n) is 23.5. The second kappa shape index (κ2) is 11.8. The summed E-state index contributed by atoms with van der Waals surface area (Å²) in [5, 5.41) is 9.26. The van der Waals surface area contributed by atoms with Crippen LogP contribution in [0.15, 0.2) is 60.8 Å². The molecule has 0 unspecified atom stereocenters. The number of esters is 1. The Hall–Kier alpha value is -4.53. The topological polar surface area (TPSA) is 92.9 Å². The van der Waals surface area contributed by atoms with Crippen LogP contribution in [0.4, 0.5) is 8.78 Å². The number of ether oxygens (including phenoxy) is 2. The van der Waals surface area contributed by atoms with E-state index in [2.05, 4.69) is 39.2 Å². The Bertz CT molecular complexity index is 1740. The van der Waals surface area contributed by atoms with Gasteiger partial charge in [-0.25, -0.2) is 8.78 Å². The van der Waals surface area contributed by atoms with Crippen molar-refractivity contribution in [3.05, 3.63) is 94.9 Å². The molecule has 0 amide bonds. The van der Waals surface area contributed by atoms with Crippen molar-refractivity contribution < 1.29 is 23.0 Å². The fourth-order valence-corrected chi connectivity index (χ4v) is 5.48. The van der Waals surface area contributed by atoms with Gasteiger partial charge < -0.3 is 19.4 Å². The predicted molar refractivity (Wildman–Crippen MR) is 155 cm³/mol. The molecule has 216 valence electrons. The van der Waals surface area contributed by atoms with Gasteiger partial charge in [-0.3, -0.25) is 4.79 Å². The minimum atomic E-state index is -0.512. The van der Waals surface area contributed by atoms with Crippen LogP contribution in [-0.2, 0) is 16.0 Å². The van der Waals surface area contributed by atoms with Crippen LogP contribution >= 0.6 is 0 Å². The summed E-state index contributed by atoms with van der Waals surface area (Å²) in [6.07, 6.45) is 5.70. The number of nitrogens with zero attached hydrogens (tertiary/aromatic N) is 2. The number of aromatic nitrogens is 4. The summed E-state index contributed by atoms with van der Waals surface area (Å²) in [6, 6.07) is 15.7. The Kier molecular flexibility index (Phi) is 7.73. The zero-order valence-corrected chi connectivity index (χ0v) is 23.5. The van der Waals surface area contributed by atoms with E-state index in [-0.39, 0.29) is 34.8 Å². The fraction of sp³-hybridized carbons (Fsp3) is 0.303. The summed E-state index contributed by atoms with van der Waals surface area (Å²) in [4.78, 5) is 18.3. The van der Waals surface area contributed by atoms with Crippen LogP contribution in [0.3, 0.4) is 0 Å². The van der Waals surface area contributed by atoms with Gasteiger partial charge in [0.15, 0.2) is 17.4 Å². The maximum absolute atomic E-state index is 14.9. The number of carbonyl (C=O) groups excluding carboxylic acids is 1. The summed E-state index contributed by atoms with van der Waals surface area (Å²) in [7, 11) is 0. The van der Waals surface area contributed by atoms with E-state index >= 15 is 0 Å². The van der Waals surface area contributed by atoms with Crippen molar-refractivity contribution in [2.24, 2.45) is 5.92 Å². The molecule has 1 saturated carbocycles. The highest BCUT2D eigenvalue weighted by Gasteiger charge is 2.36. The third-order valence-electron chi connectivity index (χ3n) is 7.97. The summed E-state index contributed by atoms with van der Waals surface area (Å²) in [5.41, 5.74) is 3.71. The van der Waals surface area contributed by atoms with Gasteiger partial charge in [0, 0.05) is 35.2 Å². The highest BCUT2D eigenvalue weighted by atomic mass is 19.1. The van der Waals surface area contributed by atoms with Crippen LogP contribution in [0.5, 0.6) is 11.5 Å². The van der Waals surface area contributed by atoms with Gasteiger partial charge in [-0.1, -0.05) is 37.6 Å². The first-order valence-corrected chi connectivity index (χ1v) is 14.3. The van der Waals surface area contributed by atoms with Crippen molar-refractivity contribution in [2.75, 3.05) is 6.61 Å². The first-order valence-electron chi connectivity index (χ1n) is 14.3. The molecule has 1 aliphatic rings. The molecule has 3 aromatic carbocycles. The maximum Gasteiger partial charge on any atom is 0.308 e. The maximum atomic E-state index is 14.9. The van der Waals surface area contributed by atoms with E-state index in [4.69, 9.17) is 9.47 Å². The molecule has 6 rings (SSSR count). The number of carbonyl (C=O) groups is 1. The summed E-state index contributed by atoms with van der Waals surface area (Å²) >= 11 is 0. The smallest absolute Gasteiger partial charge is 0.308 e. The standard InChI is InChI=1S/C33H32F2N4O3/c1-3-4-12-41-33(40)23-15-22(16-23)21-7-5-6-20(13-21)14-30-37-32(39-38-30)26-17-24(8-9-27(26)34)42-31-19(2)25-10-11-36-29(25)18-28(31)35/h5-11,13,17-18,22-23,36H,3-4,12,14-16H2,1-2H3,(H,37,38,39). The molecular weight excluding hydrogens is 538 g/mol. The highest BCUT2D eigenvalue weighted by Crippen LogP contribution is 2.42. The van der Waals surface area contributed by atoms with Crippen LogP contribution in [-0.4, -0.2) is 32.7 Å². The first-order chi connectivity index (χ1) is 20.4. The van der Waals surface area contributed by atoms with E-state index in [1.165, 1.54) is 29.8 Å². The lowest BCUT2D eigenvalue weighted by Crippen LogP contribution is -2.30. The van der Waals surface area contributed by atoms with Crippen molar-refractivity contribution in [3.8, 4) is 22.9 Å². The van der Waals surface area contributed by atoms with Gasteiger partial charge in [0.1, 0.15) is 17.4 Å². The minimum absolute atomic E-state index is 0.0288. The summed E-state index contributed by atoms with van der Waals surface area (Å²) in [5.74, 6) is 0.394. The van der Waals surface area contributed by atoms with E-state index < -0.39 is 11.6 Å². The number of aromatic amines is 2. The van der Waals surface area contributed by atoms with E-state index in [0.29, 0.717) is 35.9 Å². The number of hydrogen-bond acceptors (Lipinski definition) is 5. The molecule has 2 heterocycles. The highest BCUT2D eigenvalue weighted by molar-refractivity contribution is 5.85. The molecular formula is C33H32F2N4O3. The van der Waals surface area contributed by atoms with Gasteiger partial charge in [-0.15, -0.1) is 10.2 Å². The van der Waals surface area contributed by atoms with E-state index in [1.54, 1.807) is 13.1 Å². The lowest BCUT2D eigenvalue weighted by Gasteiger charge is -2.34. The van der Waals surface area contributed by atoms with Crippen LogP contribution < -0.4 is 4.74 Å². The Morgan fingerprint density at radius 1 is 1.05 bits per heavy atom. The van der Waals surface area contributed by atoms with Crippen molar-refractivity contribution in [1.82, 2.24) is 20.2 Å². The molecule has 0 bridgehead atoms. The molecule has 0 spiro atoms. The van der Waals surface area contributed by atoms with E-state index in [1.807, 2.05) is 18.2 Å². The third-order valence-corrected chi connectivity index (χ3v) is 7.97. The van der Waals surface area contributed by atoms with E-state index in [0.717, 1.165) is 36.6 Å². The number of fused-ring (bicyclic) bond motifs is 1. The first kappa shape index (κ1) is 27.6. The van der Waals surface area contributed by atoms with Gasteiger partial charge in [-0.05, 0) is 67.5 Å². The Balaban J connectivity index is 1.13. The van der Waals surface area contributed by atoms with Crippen LogP contribution in [0, 0.1) is 24.5 Å². The largest absolute Gasteiger partial charge is 0.465 e. The number of benzene rings is 3. The van der Waals surface area contributed by atoms with Gasteiger partial charge in [0.05, 0.1) is 18.1 Å². The van der Waals surface area contributed by atoms with E-state index in [9.17, 15) is 13.6 Å². The number of H-pyrrole nitrogens is 2.